The van der Waals surface area contributed by atoms with E-state index in [1.54, 1.807) is 16.2 Å². The van der Waals surface area contributed by atoms with Crippen molar-refractivity contribution >= 4 is 27.5 Å². The van der Waals surface area contributed by atoms with Crippen LogP contribution in [0.15, 0.2) is 66.7 Å². The molecule has 1 N–H and O–H groups in total. The minimum Gasteiger partial charge on any atom is -0.332 e. The summed E-state index contributed by atoms with van der Waals surface area (Å²) < 4.78 is 1.96. The Kier molecular flexibility index (Phi) is 5.57. The number of aromatic nitrogens is 2. The first-order valence-corrected chi connectivity index (χ1v) is 11.7. The van der Waals surface area contributed by atoms with Crippen LogP contribution in [0.2, 0.25) is 0 Å². The number of nitrogens with one attached hydrogen (secondary N) is 1. The van der Waals surface area contributed by atoms with Gasteiger partial charge in [-0.2, -0.15) is 5.10 Å². The number of fused-ring (bicyclic) bond motifs is 1. The molecule has 0 radical (unpaired) electrons. The topological polar surface area (TPSA) is 42.6 Å². The first-order chi connectivity index (χ1) is 15.2. The molecule has 2 aromatic heterocycles. The molecule has 4 aromatic rings. The van der Waals surface area contributed by atoms with E-state index in [1.165, 1.54) is 5.56 Å². The van der Waals surface area contributed by atoms with Crippen LogP contribution in [0.5, 0.6) is 0 Å². The van der Waals surface area contributed by atoms with Crippen molar-refractivity contribution in [2.45, 2.75) is 13.3 Å². The summed E-state index contributed by atoms with van der Waals surface area (Å²) in [5, 5.41) is 5.76. The maximum Gasteiger partial charge on any atom is 0.264 e. The van der Waals surface area contributed by atoms with Gasteiger partial charge in [0, 0.05) is 11.8 Å². The number of nitrogens with zero attached hydrogens (tertiary/aromatic N) is 3. The zero-order chi connectivity index (χ0) is 21.2. The van der Waals surface area contributed by atoms with Crippen LogP contribution in [0.3, 0.4) is 0 Å². The zero-order valence-electron chi connectivity index (χ0n) is 17.8. The highest BCUT2D eigenvalue weighted by molar-refractivity contribution is 7.20. The van der Waals surface area contributed by atoms with Crippen molar-refractivity contribution in [2.24, 2.45) is 0 Å². The Morgan fingerprint density at radius 2 is 1.71 bits per heavy atom. The van der Waals surface area contributed by atoms with E-state index in [0.717, 1.165) is 65.6 Å². The average molecular weight is 432 g/mol. The van der Waals surface area contributed by atoms with Gasteiger partial charge in [-0.3, -0.25) is 4.79 Å². The zero-order valence-corrected chi connectivity index (χ0v) is 18.6. The fraction of sp³-hybridized carbons (Fsp3) is 0.280. The Bertz CT molecular complexity index is 1170. The molecule has 0 bridgehead atoms. The van der Waals surface area contributed by atoms with Gasteiger partial charge in [0.1, 0.15) is 4.83 Å². The standard InChI is InChI=1S/C25H26N4OS/c1-19-22-18-23(31-25(22)29(26-19)21-10-6-3-7-11-21)24(30)28-16-14-27(15-17-28)13-12-20-8-4-2-5-9-20/h2-11,18H,12-17H2,1H3/p+1. The lowest BCUT2D eigenvalue weighted by atomic mass is 10.1. The second-order valence-corrected chi connectivity index (χ2v) is 9.22. The van der Waals surface area contributed by atoms with Gasteiger partial charge in [-0.05, 0) is 30.7 Å². The van der Waals surface area contributed by atoms with Crippen molar-refractivity contribution in [2.75, 3.05) is 32.7 Å². The van der Waals surface area contributed by atoms with Crippen molar-refractivity contribution in [3.05, 3.63) is 82.9 Å². The number of hydrogen-bond acceptors (Lipinski definition) is 3. The fourth-order valence-electron chi connectivity index (χ4n) is 4.29. The Morgan fingerprint density at radius 3 is 2.42 bits per heavy atom. The van der Waals surface area contributed by atoms with Crippen LogP contribution in [0, 0.1) is 6.92 Å². The molecule has 1 amide bonds. The number of aryl methyl sites for hydroxylation is 1. The molecule has 2 aromatic carbocycles. The van der Waals surface area contributed by atoms with Crippen LogP contribution < -0.4 is 4.90 Å². The van der Waals surface area contributed by atoms with Gasteiger partial charge >= 0.3 is 0 Å². The SMILES string of the molecule is Cc1nn(-c2ccccc2)c2sc(C(=O)N3CC[NH+](CCc4ccccc4)CC3)cc12. The molecule has 3 heterocycles. The molecular formula is C25H27N4OS+. The normalized spacial score (nSPS) is 14.9. The van der Waals surface area contributed by atoms with E-state index in [0.29, 0.717) is 0 Å². The van der Waals surface area contributed by atoms with Crippen LogP contribution in [0.25, 0.3) is 15.9 Å². The second kappa shape index (κ2) is 8.65. The van der Waals surface area contributed by atoms with E-state index in [9.17, 15) is 4.79 Å². The first-order valence-electron chi connectivity index (χ1n) is 10.9. The van der Waals surface area contributed by atoms with Crippen LogP contribution >= 0.6 is 11.3 Å². The Balaban J connectivity index is 1.26. The molecule has 5 rings (SSSR count). The van der Waals surface area contributed by atoms with Crippen molar-refractivity contribution in [1.82, 2.24) is 14.7 Å². The molecule has 5 nitrogen and oxygen atoms in total. The summed E-state index contributed by atoms with van der Waals surface area (Å²) in [6.45, 7) is 6.81. The highest BCUT2D eigenvalue weighted by Crippen LogP contribution is 2.31. The number of carbonyl (C=O) groups excluding carboxylic acids is 1. The number of quaternary nitrogens is 1. The molecule has 0 atom stereocenters. The molecule has 1 aliphatic heterocycles. The summed E-state index contributed by atoms with van der Waals surface area (Å²) in [4.78, 5) is 18.7. The van der Waals surface area contributed by atoms with Gasteiger partial charge in [-0.1, -0.05) is 48.5 Å². The Labute approximate surface area is 186 Å². The van der Waals surface area contributed by atoms with Gasteiger partial charge in [0.05, 0.1) is 49.0 Å². The first kappa shape index (κ1) is 20.0. The number of piperazine rings is 1. The number of thiophene rings is 1. The molecule has 0 saturated carbocycles. The number of rotatable bonds is 5. The lowest BCUT2D eigenvalue weighted by molar-refractivity contribution is -0.903. The third-order valence-electron chi connectivity index (χ3n) is 6.12. The largest absolute Gasteiger partial charge is 0.332 e. The third kappa shape index (κ3) is 4.13. The molecule has 0 unspecified atom stereocenters. The van der Waals surface area contributed by atoms with E-state index in [2.05, 4.69) is 35.4 Å². The number of para-hydroxylation sites is 1. The molecule has 158 valence electrons. The minimum atomic E-state index is 0.155. The average Bonchev–Trinajstić information content (AvgIpc) is 3.39. The summed E-state index contributed by atoms with van der Waals surface area (Å²) in [6.07, 6.45) is 1.09. The summed E-state index contributed by atoms with van der Waals surface area (Å²) >= 11 is 1.55. The summed E-state index contributed by atoms with van der Waals surface area (Å²) in [5.74, 6) is 0.155. The summed E-state index contributed by atoms with van der Waals surface area (Å²) in [7, 11) is 0. The smallest absolute Gasteiger partial charge is 0.264 e. The monoisotopic (exact) mass is 431 g/mol. The molecule has 1 aliphatic rings. The quantitative estimate of drug-likeness (QED) is 0.528. The van der Waals surface area contributed by atoms with Crippen LogP contribution in [-0.4, -0.2) is 53.3 Å². The Hall–Kier alpha value is -2.96. The molecule has 0 spiro atoms. The van der Waals surface area contributed by atoms with Crippen molar-refractivity contribution in [3.8, 4) is 5.69 Å². The van der Waals surface area contributed by atoms with E-state index < -0.39 is 0 Å². The van der Waals surface area contributed by atoms with Gasteiger partial charge in [0.15, 0.2) is 0 Å². The molecule has 0 aliphatic carbocycles. The minimum absolute atomic E-state index is 0.155. The van der Waals surface area contributed by atoms with Gasteiger partial charge < -0.3 is 9.80 Å². The van der Waals surface area contributed by atoms with Gasteiger partial charge in [-0.15, -0.1) is 11.3 Å². The number of carbonyl (C=O) groups is 1. The van der Waals surface area contributed by atoms with Crippen LogP contribution in [0.4, 0.5) is 0 Å². The second-order valence-electron chi connectivity index (χ2n) is 8.19. The van der Waals surface area contributed by atoms with E-state index in [1.807, 2.05) is 52.9 Å². The maximum atomic E-state index is 13.2. The van der Waals surface area contributed by atoms with Crippen molar-refractivity contribution in [3.63, 3.8) is 0 Å². The molecule has 31 heavy (non-hydrogen) atoms. The van der Waals surface area contributed by atoms with E-state index in [-0.39, 0.29) is 5.91 Å². The van der Waals surface area contributed by atoms with Crippen molar-refractivity contribution in [1.29, 1.82) is 0 Å². The highest BCUT2D eigenvalue weighted by Gasteiger charge is 2.26. The Morgan fingerprint density at radius 1 is 1.03 bits per heavy atom. The number of amides is 1. The van der Waals surface area contributed by atoms with Crippen molar-refractivity contribution < 1.29 is 9.69 Å². The van der Waals surface area contributed by atoms with E-state index >= 15 is 0 Å². The summed E-state index contributed by atoms with van der Waals surface area (Å²) in [5.41, 5.74) is 3.38. The number of benzene rings is 2. The van der Waals surface area contributed by atoms with Crippen LogP contribution in [-0.2, 0) is 6.42 Å². The number of hydrogen-bond donors (Lipinski definition) is 1. The molecule has 6 heteroatoms. The summed E-state index contributed by atoms with van der Waals surface area (Å²) in [6, 6.07) is 22.8. The molecular weight excluding hydrogens is 404 g/mol. The van der Waals surface area contributed by atoms with Gasteiger partial charge in [0.25, 0.3) is 5.91 Å². The molecule has 1 saturated heterocycles. The predicted octanol–water partition coefficient (Wildman–Crippen LogP) is 2.98. The maximum absolute atomic E-state index is 13.2. The fourth-order valence-corrected chi connectivity index (χ4v) is 5.45. The van der Waals surface area contributed by atoms with Gasteiger partial charge in [0.2, 0.25) is 0 Å². The van der Waals surface area contributed by atoms with E-state index in [4.69, 9.17) is 0 Å². The predicted molar refractivity (Wildman–Crippen MR) is 125 cm³/mol. The highest BCUT2D eigenvalue weighted by atomic mass is 32.1. The third-order valence-corrected chi connectivity index (χ3v) is 7.22. The van der Waals surface area contributed by atoms with Crippen LogP contribution in [0.1, 0.15) is 20.9 Å². The lowest BCUT2D eigenvalue weighted by Gasteiger charge is -2.32. The van der Waals surface area contributed by atoms with Gasteiger partial charge in [-0.25, -0.2) is 4.68 Å². The lowest BCUT2D eigenvalue weighted by Crippen LogP contribution is -3.15. The molecule has 1 fully saturated rings.